The maximum absolute atomic E-state index is 11.8. The molecule has 0 aromatic heterocycles. The molecule has 1 rings (SSSR count). The summed E-state index contributed by atoms with van der Waals surface area (Å²) in [5.74, 6) is 0.634. The first-order valence-electron chi connectivity index (χ1n) is 6.09. The van der Waals surface area contributed by atoms with Crippen LogP contribution in [0.1, 0.15) is 11.7 Å². The number of hydrogen-bond acceptors (Lipinski definition) is 4. The molecule has 0 aliphatic carbocycles. The van der Waals surface area contributed by atoms with Gasteiger partial charge in [-0.15, -0.1) is 0 Å². The van der Waals surface area contributed by atoms with Crippen LogP contribution in [0.2, 0.25) is 0 Å². The summed E-state index contributed by atoms with van der Waals surface area (Å²) in [5, 5.41) is 12.7. The summed E-state index contributed by atoms with van der Waals surface area (Å²) in [6, 6.07) is 6.96. The predicted molar refractivity (Wildman–Crippen MR) is 67.7 cm³/mol. The van der Waals surface area contributed by atoms with E-state index in [0.29, 0.717) is 11.3 Å². The smallest absolute Gasteiger partial charge is 0.411 e. The number of halogens is 3. The lowest BCUT2D eigenvalue weighted by Gasteiger charge is -2.13. The summed E-state index contributed by atoms with van der Waals surface area (Å²) in [4.78, 5) is 0. The molecule has 114 valence electrons. The van der Waals surface area contributed by atoms with Gasteiger partial charge in [0.25, 0.3) is 0 Å². The van der Waals surface area contributed by atoms with Crippen molar-refractivity contribution in [1.82, 2.24) is 5.32 Å². The summed E-state index contributed by atoms with van der Waals surface area (Å²) < 4.78 is 44.8. The van der Waals surface area contributed by atoms with Gasteiger partial charge in [0, 0.05) is 13.1 Å². The van der Waals surface area contributed by atoms with Gasteiger partial charge < -0.3 is 19.9 Å². The van der Waals surface area contributed by atoms with Crippen molar-refractivity contribution in [3.63, 3.8) is 0 Å². The zero-order valence-electron chi connectivity index (χ0n) is 11.1. The van der Waals surface area contributed by atoms with Crippen LogP contribution in [0.15, 0.2) is 24.3 Å². The topological polar surface area (TPSA) is 50.7 Å². The number of aliphatic hydroxyl groups is 1. The van der Waals surface area contributed by atoms with Crippen molar-refractivity contribution < 1.29 is 27.8 Å². The third-order valence-corrected chi connectivity index (χ3v) is 2.51. The van der Waals surface area contributed by atoms with Crippen LogP contribution in [0, 0.1) is 0 Å². The van der Waals surface area contributed by atoms with Crippen molar-refractivity contribution in [2.24, 2.45) is 0 Å². The Morgan fingerprint density at radius 3 is 2.75 bits per heavy atom. The number of hydrogen-bond donors (Lipinski definition) is 2. The molecule has 0 heterocycles. The van der Waals surface area contributed by atoms with E-state index in [1.807, 2.05) is 0 Å². The Kier molecular flexibility index (Phi) is 6.77. The zero-order valence-corrected chi connectivity index (χ0v) is 11.1. The number of rotatable bonds is 8. The number of nitrogens with one attached hydrogen (secondary N) is 1. The number of benzene rings is 1. The molecule has 0 aliphatic heterocycles. The quantitative estimate of drug-likeness (QED) is 0.719. The minimum Gasteiger partial charge on any atom is -0.497 e. The summed E-state index contributed by atoms with van der Waals surface area (Å²) in [7, 11) is 1.53. The highest BCUT2D eigenvalue weighted by Crippen LogP contribution is 2.18. The van der Waals surface area contributed by atoms with Crippen LogP contribution >= 0.6 is 0 Å². The molecule has 0 saturated heterocycles. The molecule has 0 aliphatic rings. The molecule has 4 nitrogen and oxygen atoms in total. The molecule has 0 fully saturated rings. The zero-order chi connectivity index (χ0) is 15.0. The van der Waals surface area contributed by atoms with Gasteiger partial charge >= 0.3 is 6.18 Å². The monoisotopic (exact) mass is 293 g/mol. The standard InChI is InChI=1S/C13H18F3NO3/c1-19-11-4-2-3-10(7-11)12(18)8-17-5-6-20-9-13(14,15)16/h2-4,7,12,17-18H,5-6,8-9H2,1H3. The van der Waals surface area contributed by atoms with Gasteiger partial charge in [-0.3, -0.25) is 0 Å². The van der Waals surface area contributed by atoms with E-state index in [-0.39, 0.29) is 19.7 Å². The lowest BCUT2D eigenvalue weighted by molar-refractivity contribution is -0.173. The Morgan fingerprint density at radius 2 is 2.10 bits per heavy atom. The maximum atomic E-state index is 11.8. The highest BCUT2D eigenvalue weighted by Gasteiger charge is 2.27. The Bertz CT molecular complexity index is 399. The van der Waals surface area contributed by atoms with Gasteiger partial charge in [-0.05, 0) is 17.7 Å². The lowest BCUT2D eigenvalue weighted by Crippen LogP contribution is -2.27. The van der Waals surface area contributed by atoms with Crippen molar-refractivity contribution >= 4 is 0 Å². The molecule has 0 bridgehead atoms. The van der Waals surface area contributed by atoms with E-state index in [0.717, 1.165) is 0 Å². The molecule has 1 aromatic rings. The minimum absolute atomic E-state index is 0.0651. The number of methoxy groups -OCH3 is 1. The number of alkyl halides is 3. The Morgan fingerprint density at radius 1 is 1.35 bits per heavy atom. The molecule has 1 aromatic carbocycles. The average molecular weight is 293 g/mol. The molecule has 0 saturated carbocycles. The second-order valence-corrected chi connectivity index (χ2v) is 4.16. The molecule has 2 N–H and O–H groups in total. The van der Waals surface area contributed by atoms with Crippen LogP contribution in [-0.2, 0) is 4.74 Å². The van der Waals surface area contributed by atoms with Crippen LogP contribution in [0.3, 0.4) is 0 Å². The SMILES string of the molecule is COc1cccc(C(O)CNCCOCC(F)(F)F)c1. The Labute approximate surface area is 115 Å². The van der Waals surface area contributed by atoms with Crippen molar-refractivity contribution in [2.75, 3.05) is 33.4 Å². The van der Waals surface area contributed by atoms with E-state index in [1.165, 1.54) is 7.11 Å². The van der Waals surface area contributed by atoms with Crippen molar-refractivity contribution in [1.29, 1.82) is 0 Å². The van der Waals surface area contributed by atoms with Crippen molar-refractivity contribution in [3.8, 4) is 5.75 Å². The van der Waals surface area contributed by atoms with Gasteiger partial charge in [0.2, 0.25) is 0 Å². The summed E-state index contributed by atoms with van der Waals surface area (Å²) in [5.41, 5.74) is 0.674. The van der Waals surface area contributed by atoms with Gasteiger partial charge in [-0.2, -0.15) is 13.2 Å². The third kappa shape index (κ3) is 6.74. The van der Waals surface area contributed by atoms with Crippen LogP contribution < -0.4 is 10.1 Å². The summed E-state index contributed by atoms with van der Waals surface area (Å²) in [6.45, 7) is -0.864. The van der Waals surface area contributed by atoms with Gasteiger partial charge in [0.05, 0.1) is 19.8 Å². The van der Waals surface area contributed by atoms with E-state index in [4.69, 9.17) is 4.74 Å². The van der Waals surface area contributed by atoms with Gasteiger partial charge in [-0.1, -0.05) is 12.1 Å². The molecule has 0 radical (unpaired) electrons. The Hall–Kier alpha value is -1.31. The van der Waals surface area contributed by atoms with Crippen LogP contribution in [0.25, 0.3) is 0 Å². The highest BCUT2D eigenvalue weighted by molar-refractivity contribution is 5.29. The van der Waals surface area contributed by atoms with Crippen LogP contribution in [-0.4, -0.2) is 44.7 Å². The fourth-order valence-corrected chi connectivity index (χ4v) is 1.54. The van der Waals surface area contributed by atoms with E-state index in [9.17, 15) is 18.3 Å². The van der Waals surface area contributed by atoms with Crippen LogP contribution in [0.5, 0.6) is 5.75 Å². The average Bonchev–Trinajstić information content (AvgIpc) is 2.41. The first-order valence-corrected chi connectivity index (χ1v) is 6.09. The van der Waals surface area contributed by atoms with Crippen LogP contribution in [0.4, 0.5) is 13.2 Å². The van der Waals surface area contributed by atoms with Gasteiger partial charge in [0.1, 0.15) is 12.4 Å². The molecule has 20 heavy (non-hydrogen) atoms. The molecule has 1 unspecified atom stereocenters. The van der Waals surface area contributed by atoms with E-state index in [2.05, 4.69) is 10.1 Å². The minimum atomic E-state index is -4.31. The van der Waals surface area contributed by atoms with Crippen molar-refractivity contribution in [2.45, 2.75) is 12.3 Å². The Balaban J connectivity index is 2.21. The molecule has 1 atom stereocenters. The largest absolute Gasteiger partial charge is 0.497 e. The van der Waals surface area contributed by atoms with E-state index < -0.39 is 18.9 Å². The third-order valence-electron chi connectivity index (χ3n) is 2.51. The van der Waals surface area contributed by atoms with E-state index >= 15 is 0 Å². The predicted octanol–water partition coefficient (Wildman–Crippen LogP) is 1.90. The van der Waals surface area contributed by atoms with Crippen molar-refractivity contribution in [3.05, 3.63) is 29.8 Å². The number of ether oxygens (including phenoxy) is 2. The van der Waals surface area contributed by atoms with Gasteiger partial charge in [-0.25, -0.2) is 0 Å². The molecular formula is C13H18F3NO3. The first kappa shape index (κ1) is 16.7. The second-order valence-electron chi connectivity index (χ2n) is 4.16. The molecule has 0 amide bonds. The molecular weight excluding hydrogens is 275 g/mol. The summed E-state index contributed by atoms with van der Waals surface area (Å²) in [6.07, 6.45) is -5.06. The second kappa shape index (κ2) is 8.08. The fourth-order valence-electron chi connectivity index (χ4n) is 1.54. The van der Waals surface area contributed by atoms with Gasteiger partial charge in [0.15, 0.2) is 0 Å². The fraction of sp³-hybridized carbons (Fsp3) is 0.538. The highest BCUT2D eigenvalue weighted by atomic mass is 19.4. The lowest BCUT2D eigenvalue weighted by atomic mass is 10.1. The normalized spacial score (nSPS) is 13.2. The maximum Gasteiger partial charge on any atom is 0.411 e. The molecule has 7 heteroatoms. The molecule has 0 spiro atoms. The number of aliphatic hydroxyl groups excluding tert-OH is 1. The first-order chi connectivity index (χ1) is 9.42. The summed E-state index contributed by atoms with van der Waals surface area (Å²) >= 11 is 0. The van der Waals surface area contributed by atoms with E-state index in [1.54, 1.807) is 24.3 Å².